The minimum Gasteiger partial charge on any atom is -0.271 e. The summed E-state index contributed by atoms with van der Waals surface area (Å²) in [5.74, 6) is 5.68. The molecule has 0 radical (unpaired) electrons. The van der Waals surface area contributed by atoms with E-state index in [1.165, 1.54) is 0 Å². The maximum absolute atomic E-state index is 6.05. The third kappa shape index (κ3) is 3.51. The van der Waals surface area contributed by atoms with Crippen LogP contribution in [0.15, 0.2) is 45.3 Å². The van der Waals surface area contributed by atoms with Crippen molar-refractivity contribution in [3.63, 3.8) is 0 Å². The zero-order valence-corrected chi connectivity index (χ0v) is 14.3. The molecular weight excluding hydrogens is 415 g/mol. The first-order valence-electron chi connectivity index (χ1n) is 5.39. The highest BCUT2D eigenvalue weighted by molar-refractivity contribution is 9.11. The first-order valence-corrected chi connectivity index (χ1v) is 7.73. The zero-order chi connectivity index (χ0) is 14.0. The quantitative estimate of drug-likeness (QED) is 0.533. The van der Waals surface area contributed by atoms with Crippen LogP contribution < -0.4 is 11.3 Å². The molecule has 0 amide bonds. The third-order valence-electron chi connectivity index (χ3n) is 2.71. The van der Waals surface area contributed by atoms with Crippen LogP contribution in [-0.2, 0) is 0 Å². The lowest BCUT2D eigenvalue weighted by Gasteiger charge is -2.19. The maximum atomic E-state index is 6.05. The van der Waals surface area contributed by atoms with Crippen molar-refractivity contribution in [2.45, 2.75) is 6.04 Å². The topological polar surface area (TPSA) is 38.0 Å². The van der Waals surface area contributed by atoms with E-state index >= 15 is 0 Å². The van der Waals surface area contributed by atoms with Crippen molar-refractivity contribution < 1.29 is 0 Å². The summed E-state index contributed by atoms with van der Waals surface area (Å²) in [6.07, 6.45) is 0. The SMILES string of the molecule is NNC(c1ccc(Cl)c(Cl)c1)c1cc(Br)ccc1Br. The Hall–Kier alpha value is -0.100. The van der Waals surface area contributed by atoms with E-state index in [-0.39, 0.29) is 6.04 Å². The number of hydrazine groups is 1. The van der Waals surface area contributed by atoms with Gasteiger partial charge in [0, 0.05) is 8.95 Å². The molecule has 1 atom stereocenters. The van der Waals surface area contributed by atoms with Gasteiger partial charge in [-0.2, -0.15) is 0 Å². The minimum absolute atomic E-state index is 0.179. The lowest BCUT2D eigenvalue weighted by molar-refractivity contribution is 0.634. The molecule has 1 unspecified atom stereocenters. The van der Waals surface area contributed by atoms with Crippen molar-refractivity contribution in [2.75, 3.05) is 0 Å². The Morgan fingerprint density at radius 3 is 2.37 bits per heavy atom. The van der Waals surface area contributed by atoms with Crippen LogP contribution in [0.3, 0.4) is 0 Å². The third-order valence-corrected chi connectivity index (χ3v) is 4.67. The zero-order valence-electron chi connectivity index (χ0n) is 9.63. The molecule has 2 nitrogen and oxygen atoms in total. The molecule has 0 heterocycles. The Labute approximate surface area is 138 Å². The highest BCUT2D eigenvalue weighted by Gasteiger charge is 2.16. The maximum Gasteiger partial charge on any atom is 0.0721 e. The summed E-state index contributed by atoms with van der Waals surface area (Å²) in [5, 5.41) is 1.03. The van der Waals surface area contributed by atoms with Gasteiger partial charge in [0.05, 0.1) is 16.1 Å². The fourth-order valence-electron chi connectivity index (χ4n) is 1.79. The average Bonchev–Trinajstić information content (AvgIpc) is 2.38. The second-order valence-corrected chi connectivity index (χ2v) is 6.52. The van der Waals surface area contributed by atoms with Crippen molar-refractivity contribution >= 4 is 55.1 Å². The largest absolute Gasteiger partial charge is 0.271 e. The molecule has 2 aromatic rings. The molecule has 0 saturated carbocycles. The van der Waals surface area contributed by atoms with E-state index in [1.54, 1.807) is 6.07 Å². The van der Waals surface area contributed by atoms with Crippen LogP contribution in [-0.4, -0.2) is 0 Å². The lowest BCUT2D eigenvalue weighted by atomic mass is 9.99. The molecule has 0 aliphatic rings. The summed E-state index contributed by atoms with van der Waals surface area (Å²) >= 11 is 19.0. The smallest absolute Gasteiger partial charge is 0.0721 e. The van der Waals surface area contributed by atoms with Gasteiger partial charge in [0.25, 0.3) is 0 Å². The number of nitrogens with two attached hydrogens (primary N) is 1. The fourth-order valence-corrected chi connectivity index (χ4v) is 2.95. The van der Waals surface area contributed by atoms with E-state index in [2.05, 4.69) is 37.3 Å². The summed E-state index contributed by atoms with van der Waals surface area (Å²) in [5.41, 5.74) is 4.75. The van der Waals surface area contributed by atoms with Crippen LogP contribution in [0.2, 0.25) is 10.0 Å². The van der Waals surface area contributed by atoms with E-state index < -0.39 is 0 Å². The van der Waals surface area contributed by atoms with Crippen molar-refractivity contribution in [1.29, 1.82) is 0 Å². The average molecular weight is 425 g/mol. The monoisotopic (exact) mass is 422 g/mol. The molecular formula is C13H10Br2Cl2N2. The van der Waals surface area contributed by atoms with Gasteiger partial charge in [0.1, 0.15) is 0 Å². The van der Waals surface area contributed by atoms with E-state index in [4.69, 9.17) is 29.0 Å². The highest BCUT2D eigenvalue weighted by atomic mass is 79.9. The van der Waals surface area contributed by atoms with Gasteiger partial charge in [-0.15, -0.1) is 0 Å². The van der Waals surface area contributed by atoms with Crippen LogP contribution in [0.4, 0.5) is 0 Å². The van der Waals surface area contributed by atoms with Crippen LogP contribution >= 0.6 is 55.1 Å². The standard InChI is InChI=1S/C13H10Br2Cl2N2/c14-8-2-3-10(15)9(6-8)13(19-18)7-1-4-11(16)12(17)5-7/h1-6,13,19H,18H2. The summed E-state index contributed by atoms with van der Waals surface area (Å²) in [6.45, 7) is 0. The van der Waals surface area contributed by atoms with Gasteiger partial charge >= 0.3 is 0 Å². The Morgan fingerprint density at radius 1 is 1.00 bits per heavy atom. The molecule has 0 aromatic heterocycles. The van der Waals surface area contributed by atoms with Gasteiger partial charge in [0.15, 0.2) is 0 Å². The second-order valence-electron chi connectivity index (χ2n) is 3.94. The van der Waals surface area contributed by atoms with Crippen LogP contribution in [0, 0.1) is 0 Å². The number of nitrogens with one attached hydrogen (secondary N) is 1. The van der Waals surface area contributed by atoms with Crippen molar-refractivity contribution in [2.24, 2.45) is 5.84 Å². The molecule has 0 saturated heterocycles. The molecule has 0 aliphatic carbocycles. The van der Waals surface area contributed by atoms with E-state index in [0.717, 1.165) is 20.1 Å². The van der Waals surface area contributed by atoms with E-state index in [1.807, 2.05) is 30.3 Å². The van der Waals surface area contributed by atoms with E-state index in [9.17, 15) is 0 Å². The fraction of sp³-hybridized carbons (Fsp3) is 0.0769. The predicted molar refractivity (Wildman–Crippen MR) is 87.5 cm³/mol. The first kappa shape index (κ1) is 15.3. The van der Waals surface area contributed by atoms with Crippen LogP contribution in [0.1, 0.15) is 17.2 Å². The van der Waals surface area contributed by atoms with Crippen LogP contribution in [0.25, 0.3) is 0 Å². The normalized spacial score (nSPS) is 12.5. The molecule has 100 valence electrons. The Kier molecular flexibility index (Phi) is 5.29. The molecule has 6 heteroatoms. The van der Waals surface area contributed by atoms with Gasteiger partial charge in [-0.05, 0) is 41.5 Å². The minimum atomic E-state index is -0.179. The molecule has 0 aliphatic heterocycles. The Bertz CT molecular complexity index is 605. The van der Waals surface area contributed by atoms with Crippen molar-refractivity contribution in [3.8, 4) is 0 Å². The highest BCUT2D eigenvalue weighted by Crippen LogP contribution is 2.33. The van der Waals surface area contributed by atoms with E-state index in [0.29, 0.717) is 10.0 Å². The van der Waals surface area contributed by atoms with Gasteiger partial charge < -0.3 is 0 Å². The van der Waals surface area contributed by atoms with Gasteiger partial charge in [0.2, 0.25) is 0 Å². The number of halogens is 4. The number of hydrogen-bond acceptors (Lipinski definition) is 2. The molecule has 19 heavy (non-hydrogen) atoms. The van der Waals surface area contributed by atoms with Gasteiger partial charge in [-0.3, -0.25) is 5.84 Å². The first-order chi connectivity index (χ1) is 9.02. The van der Waals surface area contributed by atoms with Crippen molar-refractivity contribution in [1.82, 2.24) is 5.43 Å². The Morgan fingerprint density at radius 2 is 1.74 bits per heavy atom. The molecule has 0 bridgehead atoms. The molecule has 0 spiro atoms. The number of rotatable bonds is 3. The summed E-state index contributed by atoms with van der Waals surface area (Å²) < 4.78 is 1.94. The van der Waals surface area contributed by atoms with Crippen molar-refractivity contribution in [3.05, 3.63) is 66.5 Å². The van der Waals surface area contributed by atoms with Gasteiger partial charge in [-0.1, -0.05) is 61.1 Å². The molecule has 3 N–H and O–H groups in total. The second kappa shape index (κ2) is 6.57. The van der Waals surface area contributed by atoms with Gasteiger partial charge in [-0.25, -0.2) is 5.43 Å². The van der Waals surface area contributed by atoms with Crippen LogP contribution in [0.5, 0.6) is 0 Å². The predicted octanol–water partition coefficient (Wildman–Crippen LogP) is 5.07. The number of benzene rings is 2. The summed E-state index contributed by atoms with van der Waals surface area (Å²) in [6, 6.07) is 11.2. The lowest BCUT2D eigenvalue weighted by Crippen LogP contribution is -2.29. The number of hydrogen-bond donors (Lipinski definition) is 2. The Balaban J connectivity index is 2.49. The molecule has 2 rings (SSSR count). The summed E-state index contributed by atoms with van der Waals surface area (Å²) in [4.78, 5) is 0. The molecule has 2 aromatic carbocycles. The summed E-state index contributed by atoms with van der Waals surface area (Å²) in [7, 11) is 0. The molecule has 0 fully saturated rings.